The molecule has 2 aromatic carbocycles. The SMILES string of the molecule is COc1cc(-c2cc(-c3ccc(OCC(=O)O)cc3)c3ncnc(C)c3c2)cnc1OC. The van der Waals surface area contributed by atoms with Gasteiger partial charge in [0.2, 0.25) is 0 Å². The molecular formula is C24H21N3O5. The molecule has 1 N–H and O–H groups in total. The van der Waals surface area contributed by atoms with Gasteiger partial charge in [0.15, 0.2) is 12.4 Å². The molecule has 0 aliphatic carbocycles. The van der Waals surface area contributed by atoms with Gasteiger partial charge in [-0.15, -0.1) is 0 Å². The number of fused-ring (bicyclic) bond motifs is 1. The predicted octanol–water partition coefficient (Wildman–Crippen LogP) is 4.15. The van der Waals surface area contributed by atoms with Gasteiger partial charge >= 0.3 is 5.97 Å². The van der Waals surface area contributed by atoms with Crippen LogP contribution in [0.25, 0.3) is 33.2 Å². The zero-order chi connectivity index (χ0) is 22.7. The maximum absolute atomic E-state index is 10.7. The Morgan fingerprint density at radius 2 is 1.72 bits per heavy atom. The molecule has 0 radical (unpaired) electrons. The van der Waals surface area contributed by atoms with E-state index >= 15 is 0 Å². The van der Waals surface area contributed by atoms with Crippen molar-refractivity contribution in [2.45, 2.75) is 6.92 Å². The van der Waals surface area contributed by atoms with Gasteiger partial charge in [-0.25, -0.2) is 19.7 Å². The minimum Gasteiger partial charge on any atom is -0.491 e. The van der Waals surface area contributed by atoms with Gasteiger partial charge in [0.1, 0.15) is 12.1 Å². The number of hydrogen-bond acceptors (Lipinski definition) is 7. The molecule has 2 heterocycles. The average molecular weight is 431 g/mol. The fraction of sp³-hybridized carbons (Fsp3) is 0.167. The quantitative estimate of drug-likeness (QED) is 0.465. The van der Waals surface area contributed by atoms with Crippen LogP contribution in [-0.4, -0.2) is 46.9 Å². The normalized spacial score (nSPS) is 10.7. The highest BCUT2D eigenvalue weighted by Crippen LogP contribution is 2.36. The number of carboxylic acids is 1. The van der Waals surface area contributed by atoms with E-state index in [1.807, 2.05) is 37.3 Å². The van der Waals surface area contributed by atoms with Crippen molar-refractivity contribution in [1.29, 1.82) is 0 Å². The number of carbonyl (C=O) groups is 1. The Labute approximate surface area is 184 Å². The average Bonchev–Trinajstić information content (AvgIpc) is 2.82. The van der Waals surface area contributed by atoms with Crippen LogP contribution in [0.1, 0.15) is 5.69 Å². The van der Waals surface area contributed by atoms with Gasteiger partial charge in [-0.3, -0.25) is 0 Å². The predicted molar refractivity (Wildman–Crippen MR) is 119 cm³/mol. The first-order chi connectivity index (χ1) is 15.5. The van der Waals surface area contributed by atoms with Crippen LogP contribution in [-0.2, 0) is 4.79 Å². The number of benzene rings is 2. The first-order valence-electron chi connectivity index (χ1n) is 9.79. The highest BCUT2D eigenvalue weighted by Gasteiger charge is 2.14. The fourth-order valence-electron chi connectivity index (χ4n) is 3.44. The molecule has 4 aromatic rings. The highest BCUT2D eigenvalue weighted by molar-refractivity contribution is 5.98. The number of carboxylic acid groups (broad SMARTS) is 1. The maximum atomic E-state index is 10.7. The summed E-state index contributed by atoms with van der Waals surface area (Å²) < 4.78 is 15.9. The number of rotatable bonds is 7. The van der Waals surface area contributed by atoms with Crippen LogP contribution in [0.4, 0.5) is 0 Å². The lowest BCUT2D eigenvalue weighted by Gasteiger charge is -2.13. The van der Waals surface area contributed by atoms with Crippen molar-refractivity contribution >= 4 is 16.9 Å². The van der Waals surface area contributed by atoms with Gasteiger partial charge in [-0.2, -0.15) is 0 Å². The summed E-state index contributed by atoms with van der Waals surface area (Å²) in [6.07, 6.45) is 3.28. The molecule has 0 saturated carbocycles. The van der Waals surface area contributed by atoms with E-state index in [-0.39, 0.29) is 0 Å². The molecular weight excluding hydrogens is 410 g/mol. The van der Waals surface area contributed by atoms with Gasteiger partial charge in [-0.1, -0.05) is 12.1 Å². The Hall–Kier alpha value is -4.20. The van der Waals surface area contributed by atoms with Crippen LogP contribution in [0.2, 0.25) is 0 Å². The standard InChI is InChI=1S/C24H21N3O5/c1-14-19-8-16(17-10-21(30-2)24(31-3)25-11-17)9-20(23(19)27-13-26-14)15-4-6-18(7-5-15)32-12-22(28)29/h4-11,13H,12H2,1-3H3,(H,28,29). The lowest BCUT2D eigenvalue weighted by Crippen LogP contribution is -2.09. The van der Waals surface area contributed by atoms with Crippen molar-refractivity contribution in [2.75, 3.05) is 20.8 Å². The summed E-state index contributed by atoms with van der Waals surface area (Å²) in [5, 5.41) is 9.72. The molecule has 8 heteroatoms. The Kier molecular flexibility index (Phi) is 5.85. The van der Waals surface area contributed by atoms with Gasteiger partial charge in [0.25, 0.3) is 5.88 Å². The number of methoxy groups -OCH3 is 2. The third-order valence-electron chi connectivity index (χ3n) is 5.03. The third-order valence-corrected chi connectivity index (χ3v) is 5.03. The number of aromatic nitrogens is 3. The molecule has 2 aromatic heterocycles. The molecule has 0 unspecified atom stereocenters. The van der Waals surface area contributed by atoms with Gasteiger partial charge in [0.05, 0.1) is 19.7 Å². The Morgan fingerprint density at radius 3 is 2.41 bits per heavy atom. The molecule has 162 valence electrons. The van der Waals surface area contributed by atoms with E-state index in [9.17, 15) is 4.79 Å². The Balaban J connectivity index is 1.84. The number of aryl methyl sites for hydroxylation is 1. The van der Waals surface area contributed by atoms with Crippen molar-refractivity contribution in [1.82, 2.24) is 15.0 Å². The number of hydrogen-bond donors (Lipinski definition) is 1. The lowest BCUT2D eigenvalue weighted by molar-refractivity contribution is -0.139. The van der Waals surface area contributed by atoms with Crippen molar-refractivity contribution < 1.29 is 24.1 Å². The first kappa shape index (κ1) is 21.0. The summed E-state index contributed by atoms with van der Waals surface area (Å²) in [7, 11) is 3.12. The third kappa shape index (κ3) is 4.15. The molecule has 0 atom stereocenters. The van der Waals surface area contributed by atoms with Crippen molar-refractivity contribution in [3.63, 3.8) is 0 Å². The molecule has 0 aliphatic heterocycles. The van der Waals surface area contributed by atoms with Gasteiger partial charge < -0.3 is 19.3 Å². The second kappa shape index (κ2) is 8.89. The minimum atomic E-state index is -1.02. The van der Waals surface area contributed by atoms with Crippen LogP contribution in [0, 0.1) is 6.92 Å². The first-order valence-corrected chi connectivity index (χ1v) is 9.79. The van der Waals surface area contributed by atoms with E-state index in [0.29, 0.717) is 17.4 Å². The highest BCUT2D eigenvalue weighted by atomic mass is 16.5. The summed E-state index contributed by atoms with van der Waals surface area (Å²) in [5.74, 6) is 0.399. The summed E-state index contributed by atoms with van der Waals surface area (Å²) in [6, 6.07) is 13.2. The minimum absolute atomic E-state index is 0.392. The zero-order valence-corrected chi connectivity index (χ0v) is 17.8. The number of ether oxygens (including phenoxy) is 3. The van der Waals surface area contributed by atoms with Gasteiger partial charge in [-0.05, 0) is 48.4 Å². The second-order valence-electron chi connectivity index (χ2n) is 7.02. The van der Waals surface area contributed by atoms with Crippen LogP contribution in [0.5, 0.6) is 17.4 Å². The number of nitrogens with zero attached hydrogens (tertiary/aromatic N) is 3. The molecule has 0 spiro atoms. The molecule has 0 aliphatic rings. The molecule has 32 heavy (non-hydrogen) atoms. The summed E-state index contributed by atoms with van der Waals surface area (Å²) in [4.78, 5) is 24.0. The van der Waals surface area contributed by atoms with E-state index < -0.39 is 12.6 Å². The van der Waals surface area contributed by atoms with E-state index in [1.165, 1.54) is 0 Å². The van der Waals surface area contributed by atoms with Crippen molar-refractivity contribution in [3.8, 4) is 39.6 Å². The summed E-state index contributed by atoms with van der Waals surface area (Å²) in [6.45, 7) is 1.55. The van der Waals surface area contributed by atoms with Crippen LogP contribution >= 0.6 is 0 Å². The van der Waals surface area contributed by atoms with Gasteiger partial charge in [0, 0.05) is 28.4 Å². The van der Waals surface area contributed by atoms with E-state index in [1.54, 1.807) is 38.9 Å². The number of aliphatic carboxylic acids is 1. The molecule has 8 nitrogen and oxygen atoms in total. The van der Waals surface area contributed by atoms with Crippen molar-refractivity contribution in [2.24, 2.45) is 0 Å². The van der Waals surface area contributed by atoms with E-state index in [2.05, 4.69) is 15.0 Å². The molecule has 0 bridgehead atoms. The topological polar surface area (TPSA) is 104 Å². The Bertz CT molecular complexity index is 1290. The zero-order valence-electron chi connectivity index (χ0n) is 17.8. The fourth-order valence-corrected chi connectivity index (χ4v) is 3.44. The molecule has 0 fully saturated rings. The second-order valence-corrected chi connectivity index (χ2v) is 7.02. The van der Waals surface area contributed by atoms with Crippen molar-refractivity contribution in [3.05, 3.63) is 60.7 Å². The van der Waals surface area contributed by atoms with E-state index in [0.717, 1.165) is 38.9 Å². The maximum Gasteiger partial charge on any atom is 0.341 e. The molecule has 0 amide bonds. The molecule has 0 saturated heterocycles. The summed E-state index contributed by atoms with van der Waals surface area (Å²) >= 11 is 0. The lowest BCUT2D eigenvalue weighted by atomic mass is 9.95. The summed E-state index contributed by atoms with van der Waals surface area (Å²) in [5.41, 5.74) is 5.26. The van der Waals surface area contributed by atoms with Crippen LogP contribution in [0.15, 0.2) is 55.0 Å². The largest absolute Gasteiger partial charge is 0.491 e. The molecule has 4 rings (SSSR count). The van der Waals surface area contributed by atoms with E-state index in [4.69, 9.17) is 19.3 Å². The number of pyridine rings is 1. The monoisotopic (exact) mass is 431 g/mol. The Morgan fingerprint density at radius 1 is 0.938 bits per heavy atom. The smallest absolute Gasteiger partial charge is 0.341 e. The van der Waals surface area contributed by atoms with Crippen LogP contribution < -0.4 is 14.2 Å². The van der Waals surface area contributed by atoms with Crippen LogP contribution in [0.3, 0.4) is 0 Å².